The van der Waals surface area contributed by atoms with Gasteiger partial charge in [-0.3, -0.25) is 9.78 Å². The molecule has 0 spiro atoms. The maximum atomic E-state index is 11.9. The summed E-state index contributed by atoms with van der Waals surface area (Å²) >= 11 is 0. The minimum atomic E-state index is -0.419. The maximum absolute atomic E-state index is 11.9. The van der Waals surface area contributed by atoms with Crippen LogP contribution in [0.1, 0.15) is 29.8 Å². The highest BCUT2D eigenvalue weighted by Gasteiger charge is 2.18. The lowest BCUT2D eigenvalue weighted by molar-refractivity contribution is 0.0228. The van der Waals surface area contributed by atoms with Crippen molar-refractivity contribution in [3.63, 3.8) is 0 Å². The Labute approximate surface area is 113 Å². The summed E-state index contributed by atoms with van der Waals surface area (Å²) in [6, 6.07) is 1.63. The van der Waals surface area contributed by atoms with E-state index < -0.39 is 5.60 Å². The third kappa shape index (κ3) is 5.08. The number of hydrogen-bond acceptors (Lipinski definition) is 4. The number of nitrogens with zero attached hydrogens (tertiary/aromatic N) is 1. The number of pyridine rings is 1. The zero-order chi connectivity index (χ0) is 14.3. The van der Waals surface area contributed by atoms with Crippen LogP contribution in [0.2, 0.25) is 0 Å². The first kappa shape index (κ1) is 15.2. The highest BCUT2D eigenvalue weighted by Crippen LogP contribution is 2.06. The summed E-state index contributed by atoms with van der Waals surface area (Å²) in [4.78, 5) is 15.9. The molecule has 0 saturated carbocycles. The Morgan fingerprint density at radius 3 is 2.89 bits per heavy atom. The van der Waals surface area contributed by atoms with Crippen LogP contribution in [0.3, 0.4) is 0 Å². The summed E-state index contributed by atoms with van der Waals surface area (Å²) in [6.07, 6.45) is 3.01. The van der Waals surface area contributed by atoms with Crippen molar-refractivity contribution in [2.75, 3.05) is 20.3 Å². The number of aliphatic hydroxyl groups is 1. The van der Waals surface area contributed by atoms with Crippen molar-refractivity contribution in [3.8, 4) is 11.8 Å². The lowest BCUT2D eigenvalue weighted by Gasteiger charge is -2.23. The summed E-state index contributed by atoms with van der Waals surface area (Å²) in [5, 5.41) is 11.4. The molecule has 1 rings (SSSR count). The number of carbonyl (C=O) groups is 1. The van der Waals surface area contributed by atoms with E-state index in [2.05, 4.69) is 22.1 Å². The van der Waals surface area contributed by atoms with Crippen molar-refractivity contribution >= 4 is 5.91 Å². The van der Waals surface area contributed by atoms with Crippen LogP contribution < -0.4 is 5.32 Å². The fraction of sp³-hybridized carbons (Fsp3) is 0.429. The molecule has 1 aromatic heterocycles. The van der Waals surface area contributed by atoms with Crippen LogP contribution in [0.25, 0.3) is 0 Å². The van der Waals surface area contributed by atoms with Gasteiger partial charge >= 0.3 is 0 Å². The molecule has 0 atom stereocenters. The lowest BCUT2D eigenvalue weighted by Crippen LogP contribution is -2.39. The summed E-state index contributed by atoms with van der Waals surface area (Å²) < 4.78 is 5.22. The smallest absolute Gasteiger partial charge is 0.252 e. The van der Waals surface area contributed by atoms with E-state index in [1.807, 2.05) is 13.8 Å². The highest BCUT2D eigenvalue weighted by molar-refractivity contribution is 5.94. The number of aliphatic hydroxyl groups excluding tert-OH is 1. The van der Waals surface area contributed by atoms with Crippen molar-refractivity contribution in [1.29, 1.82) is 0 Å². The first-order valence-electron chi connectivity index (χ1n) is 5.86. The fourth-order valence-electron chi connectivity index (χ4n) is 1.24. The van der Waals surface area contributed by atoms with E-state index in [9.17, 15) is 4.79 Å². The summed E-state index contributed by atoms with van der Waals surface area (Å²) in [6.45, 7) is 3.94. The first-order valence-corrected chi connectivity index (χ1v) is 5.86. The van der Waals surface area contributed by atoms with Gasteiger partial charge in [0.1, 0.15) is 6.61 Å². The molecule has 0 saturated heterocycles. The quantitative estimate of drug-likeness (QED) is 0.779. The van der Waals surface area contributed by atoms with Crippen molar-refractivity contribution in [1.82, 2.24) is 10.3 Å². The number of aromatic nitrogens is 1. The zero-order valence-electron chi connectivity index (χ0n) is 11.4. The van der Waals surface area contributed by atoms with Gasteiger partial charge in [-0.05, 0) is 19.9 Å². The molecule has 5 nitrogen and oxygen atoms in total. The Hall–Kier alpha value is -1.90. The Morgan fingerprint density at radius 2 is 2.26 bits per heavy atom. The molecule has 1 amide bonds. The van der Waals surface area contributed by atoms with Crippen LogP contribution in [0.15, 0.2) is 18.5 Å². The summed E-state index contributed by atoms with van der Waals surface area (Å²) in [7, 11) is 1.60. The molecule has 0 bridgehead atoms. The van der Waals surface area contributed by atoms with E-state index >= 15 is 0 Å². The second-order valence-corrected chi connectivity index (χ2v) is 4.57. The van der Waals surface area contributed by atoms with Gasteiger partial charge in [0.2, 0.25) is 0 Å². The third-order valence-corrected chi connectivity index (χ3v) is 2.54. The molecule has 0 aliphatic carbocycles. The van der Waals surface area contributed by atoms with Gasteiger partial charge in [-0.1, -0.05) is 11.8 Å². The van der Waals surface area contributed by atoms with Crippen molar-refractivity contribution in [2.45, 2.75) is 19.4 Å². The molecule has 2 N–H and O–H groups in total. The van der Waals surface area contributed by atoms with Crippen molar-refractivity contribution < 1.29 is 14.6 Å². The lowest BCUT2D eigenvalue weighted by atomic mass is 10.1. The molecule has 19 heavy (non-hydrogen) atoms. The molecule has 1 heterocycles. The van der Waals surface area contributed by atoms with Crippen LogP contribution in [0.5, 0.6) is 0 Å². The topological polar surface area (TPSA) is 71.5 Å². The van der Waals surface area contributed by atoms with E-state index in [0.29, 0.717) is 17.7 Å². The Morgan fingerprint density at radius 1 is 1.53 bits per heavy atom. The Bertz CT molecular complexity index is 501. The van der Waals surface area contributed by atoms with Gasteiger partial charge in [-0.2, -0.15) is 0 Å². The van der Waals surface area contributed by atoms with Gasteiger partial charge in [-0.15, -0.1) is 0 Å². The van der Waals surface area contributed by atoms with Crippen LogP contribution in [0.4, 0.5) is 0 Å². The van der Waals surface area contributed by atoms with E-state index in [-0.39, 0.29) is 12.5 Å². The average molecular weight is 262 g/mol. The van der Waals surface area contributed by atoms with Crippen LogP contribution in [-0.4, -0.2) is 41.9 Å². The maximum Gasteiger partial charge on any atom is 0.252 e. The number of rotatable bonds is 4. The number of methoxy groups -OCH3 is 1. The molecular formula is C14H18N2O3. The minimum Gasteiger partial charge on any atom is -0.384 e. The van der Waals surface area contributed by atoms with Gasteiger partial charge in [0.15, 0.2) is 0 Å². The van der Waals surface area contributed by atoms with E-state index in [4.69, 9.17) is 9.84 Å². The van der Waals surface area contributed by atoms with Gasteiger partial charge < -0.3 is 15.2 Å². The fourth-order valence-corrected chi connectivity index (χ4v) is 1.24. The van der Waals surface area contributed by atoms with Gasteiger partial charge in [0.05, 0.1) is 11.2 Å². The molecule has 102 valence electrons. The number of hydrogen-bond donors (Lipinski definition) is 2. The molecule has 0 radical (unpaired) electrons. The molecule has 0 aliphatic heterocycles. The third-order valence-electron chi connectivity index (χ3n) is 2.54. The summed E-state index contributed by atoms with van der Waals surface area (Å²) in [5.74, 6) is 4.98. The molecule has 1 aromatic rings. The standard InChI is InChI=1S/C14H18N2O3/c1-14(2,19-3)10-16-13(18)12-7-11(5-4-6-17)8-15-9-12/h7-9,17H,6,10H2,1-3H3,(H,16,18). The molecule has 0 aliphatic rings. The molecule has 0 aromatic carbocycles. The van der Waals surface area contributed by atoms with Gasteiger partial charge in [0, 0.05) is 31.6 Å². The number of amides is 1. The Balaban J connectivity index is 2.72. The summed E-state index contributed by atoms with van der Waals surface area (Å²) in [5.41, 5.74) is 0.599. The SMILES string of the molecule is COC(C)(C)CNC(=O)c1cncc(C#CCO)c1. The largest absolute Gasteiger partial charge is 0.384 e. The van der Waals surface area contributed by atoms with Crippen molar-refractivity contribution in [2.24, 2.45) is 0 Å². The number of carbonyl (C=O) groups excluding carboxylic acids is 1. The van der Waals surface area contributed by atoms with E-state index in [1.54, 1.807) is 19.4 Å². The molecule has 5 heteroatoms. The van der Waals surface area contributed by atoms with E-state index in [1.165, 1.54) is 6.20 Å². The molecule has 0 fully saturated rings. The second-order valence-electron chi connectivity index (χ2n) is 4.57. The molecule has 0 unspecified atom stereocenters. The minimum absolute atomic E-state index is 0.224. The Kier molecular flexibility index (Phi) is 5.49. The normalized spacial score (nSPS) is 10.5. The zero-order valence-corrected chi connectivity index (χ0v) is 11.4. The first-order chi connectivity index (χ1) is 8.98. The average Bonchev–Trinajstić information content (AvgIpc) is 2.43. The predicted molar refractivity (Wildman–Crippen MR) is 71.6 cm³/mol. The van der Waals surface area contributed by atoms with Gasteiger partial charge in [0.25, 0.3) is 5.91 Å². The number of nitrogens with one attached hydrogen (secondary N) is 1. The van der Waals surface area contributed by atoms with Gasteiger partial charge in [-0.25, -0.2) is 0 Å². The van der Waals surface area contributed by atoms with Crippen LogP contribution in [-0.2, 0) is 4.74 Å². The predicted octanol–water partition coefficient (Wildman–Crippen LogP) is 0.580. The highest BCUT2D eigenvalue weighted by atomic mass is 16.5. The number of ether oxygens (including phenoxy) is 1. The van der Waals surface area contributed by atoms with Crippen LogP contribution in [0, 0.1) is 11.8 Å². The monoisotopic (exact) mass is 262 g/mol. The molecular weight excluding hydrogens is 244 g/mol. The van der Waals surface area contributed by atoms with Crippen molar-refractivity contribution in [3.05, 3.63) is 29.6 Å². The van der Waals surface area contributed by atoms with Crippen LogP contribution >= 0.6 is 0 Å². The van der Waals surface area contributed by atoms with E-state index in [0.717, 1.165) is 0 Å². The second kappa shape index (κ2) is 6.88.